The molecule has 0 aliphatic heterocycles. The summed E-state index contributed by atoms with van der Waals surface area (Å²) in [4.78, 5) is 12.3. The van der Waals surface area contributed by atoms with Crippen molar-refractivity contribution >= 4 is 11.6 Å². The van der Waals surface area contributed by atoms with Crippen LogP contribution in [0.1, 0.15) is 11.3 Å². The molecule has 0 N–H and O–H groups in total. The number of rotatable bonds is 3. The van der Waals surface area contributed by atoms with Crippen LogP contribution in [-0.2, 0) is 0 Å². The molecule has 6 nitrogen and oxygen atoms in total. The number of hydrogen-bond donors (Lipinski definition) is 0. The molecule has 0 bridgehead atoms. The number of benzene rings is 1. The van der Waals surface area contributed by atoms with E-state index < -0.39 is 11.6 Å². The molecule has 3 aromatic heterocycles. The van der Waals surface area contributed by atoms with Gasteiger partial charge in [0.2, 0.25) is 5.82 Å². The zero-order valence-corrected chi connectivity index (χ0v) is 15.6. The Morgan fingerprint density at radius 2 is 1.90 bits per heavy atom. The van der Waals surface area contributed by atoms with E-state index in [4.69, 9.17) is 21.4 Å². The molecule has 0 saturated heterocycles. The minimum Gasteiger partial charge on any atom is -0.332 e. The molecule has 4 rings (SSSR count). The van der Waals surface area contributed by atoms with Crippen LogP contribution in [0.2, 0.25) is 5.02 Å². The summed E-state index contributed by atoms with van der Waals surface area (Å²) in [5.41, 5.74) is 1.57. The monoisotopic (exact) mass is 409 g/mol. The van der Waals surface area contributed by atoms with Crippen LogP contribution in [0.4, 0.5) is 8.78 Å². The van der Waals surface area contributed by atoms with Gasteiger partial charge in [-0.15, -0.1) is 0 Å². The lowest BCUT2D eigenvalue weighted by Gasteiger charge is -2.08. The molecule has 1 aromatic carbocycles. The fourth-order valence-corrected chi connectivity index (χ4v) is 2.96. The molecule has 0 aliphatic carbocycles. The first-order valence-electron chi connectivity index (χ1n) is 8.29. The normalized spacial score (nSPS) is 10.7. The summed E-state index contributed by atoms with van der Waals surface area (Å²) >= 11 is 6.05. The van der Waals surface area contributed by atoms with Gasteiger partial charge < -0.3 is 4.52 Å². The maximum absolute atomic E-state index is 14.8. The first-order chi connectivity index (χ1) is 13.9. The van der Waals surface area contributed by atoms with Gasteiger partial charge in [0.25, 0.3) is 5.89 Å². The Kier molecular flexibility index (Phi) is 4.74. The Labute approximate surface area is 168 Å². The van der Waals surface area contributed by atoms with Crippen LogP contribution in [0.25, 0.3) is 34.2 Å². The van der Waals surface area contributed by atoms with Gasteiger partial charge in [0.1, 0.15) is 17.2 Å². The quantitative estimate of drug-likeness (QED) is 0.474. The molecule has 9 heteroatoms. The Morgan fingerprint density at radius 3 is 2.62 bits per heavy atom. The molecule has 0 saturated carbocycles. The second-order valence-corrected chi connectivity index (χ2v) is 6.52. The summed E-state index contributed by atoms with van der Waals surface area (Å²) in [6, 6.07) is 10.6. The van der Waals surface area contributed by atoms with E-state index in [1.165, 1.54) is 37.3 Å². The van der Waals surface area contributed by atoms with Crippen molar-refractivity contribution < 1.29 is 13.3 Å². The molecule has 0 aliphatic rings. The van der Waals surface area contributed by atoms with E-state index in [0.29, 0.717) is 16.1 Å². The number of hydrogen-bond acceptors (Lipinski definition) is 6. The second kappa shape index (κ2) is 7.37. The lowest BCUT2D eigenvalue weighted by Crippen LogP contribution is -1.97. The highest BCUT2D eigenvalue weighted by Crippen LogP contribution is 2.31. The van der Waals surface area contributed by atoms with Crippen molar-refractivity contribution in [3.05, 3.63) is 70.5 Å². The molecule has 3 heterocycles. The van der Waals surface area contributed by atoms with Crippen molar-refractivity contribution in [1.82, 2.24) is 20.1 Å². The van der Waals surface area contributed by atoms with Gasteiger partial charge in [-0.05, 0) is 48.9 Å². The molecule has 0 atom stereocenters. The number of nitriles is 1. The highest BCUT2D eigenvalue weighted by atomic mass is 35.5. The van der Waals surface area contributed by atoms with Crippen molar-refractivity contribution in [2.75, 3.05) is 0 Å². The molecule has 29 heavy (non-hydrogen) atoms. The van der Waals surface area contributed by atoms with Crippen LogP contribution < -0.4 is 0 Å². The van der Waals surface area contributed by atoms with Crippen molar-refractivity contribution in [3.8, 4) is 40.3 Å². The first kappa shape index (κ1) is 18.7. The van der Waals surface area contributed by atoms with Crippen LogP contribution in [-0.4, -0.2) is 20.1 Å². The third-order valence-corrected chi connectivity index (χ3v) is 4.28. The minimum absolute atomic E-state index is 0.0693. The molecule has 4 aromatic rings. The summed E-state index contributed by atoms with van der Waals surface area (Å²) in [7, 11) is 0. The zero-order valence-electron chi connectivity index (χ0n) is 14.8. The number of aryl methyl sites for hydroxylation is 1. The molecule has 0 amide bonds. The summed E-state index contributed by atoms with van der Waals surface area (Å²) in [6.45, 7) is 1.50. The largest absolute Gasteiger partial charge is 0.332 e. The van der Waals surface area contributed by atoms with Gasteiger partial charge in [0, 0.05) is 10.6 Å². The SMILES string of the molecule is Cc1nc(-c2noc(-c3ccc(F)cn3)n2)cc(-c2cc(Cl)cc(C#N)c2)c1F. The Morgan fingerprint density at radius 1 is 1.07 bits per heavy atom. The molecule has 0 unspecified atom stereocenters. The average molecular weight is 410 g/mol. The van der Waals surface area contributed by atoms with Gasteiger partial charge in [-0.3, -0.25) is 0 Å². The van der Waals surface area contributed by atoms with Crippen molar-refractivity contribution in [3.63, 3.8) is 0 Å². The Bertz CT molecular complexity index is 1270. The van der Waals surface area contributed by atoms with Crippen molar-refractivity contribution in [2.24, 2.45) is 0 Å². The lowest BCUT2D eigenvalue weighted by molar-refractivity contribution is 0.430. The van der Waals surface area contributed by atoms with E-state index in [9.17, 15) is 8.78 Å². The fourth-order valence-electron chi connectivity index (χ4n) is 2.73. The minimum atomic E-state index is -0.552. The predicted molar refractivity (Wildman–Crippen MR) is 101 cm³/mol. The molecular weight excluding hydrogens is 400 g/mol. The van der Waals surface area contributed by atoms with Gasteiger partial charge in [0.05, 0.1) is 23.5 Å². The summed E-state index contributed by atoms with van der Waals surface area (Å²) < 4.78 is 33.0. The maximum Gasteiger partial charge on any atom is 0.276 e. The van der Waals surface area contributed by atoms with Crippen LogP contribution in [0.5, 0.6) is 0 Å². The standard InChI is InChI=1S/C20H10ClF2N5O/c1-10-18(23)15(12-4-11(8-24)5-13(21)6-12)7-17(26-10)19-27-20(29-28-19)16-3-2-14(22)9-25-16/h2-7,9H,1H3. The van der Waals surface area contributed by atoms with Gasteiger partial charge in [0.15, 0.2) is 5.82 Å². The number of pyridine rings is 2. The molecule has 0 radical (unpaired) electrons. The maximum atomic E-state index is 14.8. The molecular formula is C20H10ClF2N5O. The van der Waals surface area contributed by atoms with E-state index in [2.05, 4.69) is 20.1 Å². The van der Waals surface area contributed by atoms with Crippen LogP contribution in [0.15, 0.2) is 47.1 Å². The molecule has 0 fully saturated rings. The molecule has 0 spiro atoms. The highest BCUT2D eigenvalue weighted by molar-refractivity contribution is 6.31. The highest BCUT2D eigenvalue weighted by Gasteiger charge is 2.18. The number of halogens is 3. The Hall–Kier alpha value is -3.70. The van der Waals surface area contributed by atoms with E-state index in [1.807, 2.05) is 6.07 Å². The van der Waals surface area contributed by atoms with Crippen LogP contribution in [0, 0.1) is 29.9 Å². The topological polar surface area (TPSA) is 88.5 Å². The predicted octanol–water partition coefficient (Wildman–Crippen LogP) is 4.97. The van der Waals surface area contributed by atoms with Crippen molar-refractivity contribution in [2.45, 2.75) is 6.92 Å². The first-order valence-corrected chi connectivity index (χ1v) is 8.66. The zero-order chi connectivity index (χ0) is 20.5. The molecule has 142 valence electrons. The third kappa shape index (κ3) is 3.68. The van der Waals surface area contributed by atoms with Gasteiger partial charge in [-0.2, -0.15) is 10.2 Å². The van der Waals surface area contributed by atoms with Crippen LogP contribution in [0.3, 0.4) is 0 Å². The van der Waals surface area contributed by atoms with Crippen LogP contribution >= 0.6 is 11.6 Å². The smallest absolute Gasteiger partial charge is 0.276 e. The summed E-state index contributed by atoms with van der Waals surface area (Å²) in [5, 5.41) is 13.3. The summed E-state index contributed by atoms with van der Waals surface area (Å²) in [6.07, 6.45) is 1.03. The Balaban J connectivity index is 1.80. The number of nitrogens with zero attached hydrogens (tertiary/aromatic N) is 5. The van der Waals surface area contributed by atoms with Gasteiger partial charge in [-0.1, -0.05) is 16.8 Å². The van der Waals surface area contributed by atoms with E-state index in [0.717, 1.165) is 6.20 Å². The van der Waals surface area contributed by atoms with Crippen molar-refractivity contribution in [1.29, 1.82) is 5.26 Å². The lowest BCUT2D eigenvalue weighted by atomic mass is 10.0. The fraction of sp³-hybridized carbons (Fsp3) is 0.0500. The second-order valence-electron chi connectivity index (χ2n) is 6.08. The number of aromatic nitrogens is 4. The third-order valence-electron chi connectivity index (χ3n) is 4.06. The van der Waals surface area contributed by atoms with E-state index in [-0.39, 0.29) is 34.4 Å². The van der Waals surface area contributed by atoms with E-state index >= 15 is 0 Å². The van der Waals surface area contributed by atoms with E-state index in [1.54, 1.807) is 6.07 Å². The van der Waals surface area contributed by atoms with Gasteiger partial charge >= 0.3 is 0 Å². The summed E-state index contributed by atoms with van der Waals surface area (Å²) in [5.74, 6) is -0.867. The van der Waals surface area contributed by atoms with Gasteiger partial charge in [-0.25, -0.2) is 18.7 Å². The average Bonchev–Trinajstić information content (AvgIpc) is 3.20.